The van der Waals surface area contributed by atoms with E-state index in [2.05, 4.69) is 15.9 Å². The summed E-state index contributed by atoms with van der Waals surface area (Å²) in [6.45, 7) is 3.95. The van der Waals surface area contributed by atoms with Crippen molar-refractivity contribution in [2.24, 2.45) is 5.73 Å². The van der Waals surface area contributed by atoms with Gasteiger partial charge in [-0.3, -0.25) is 4.79 Å². The monoisotopic (exact) mass is 332 g/mol. The van der Waals surface area contributed by atoms with Crippen molar-refractivity contribution in [1.29, 1.82) is 0 Å². The first-order valence-corrected chi connectivity index (χ1v) is 6.57. The lowest BCUT2D eigenvalue weighted by molar-refractivity contribution is 0.0736. The third-order valence-corrected chi connectivity index (χ3v) is 3.11. The maximum Gasteiger partial charge on any atom is 0.254 e. The van der Waals surface area contributed by atoms with Gasteiger partial charge in [-0.15, -0.1) is 0 Å². The van der Waals surface area contributed by atoms with E-state index in [1.54, 1.807) is 4.90 Å². The fraction of sp³-hybridized carbons (Fsp3) is 0.333. The molecule has 98 valence electrons. The van der Waals surface area contributed by atoms with Gasteiger partial charge in [-0.1, -0.05) is 12.2 Å². The molecule has 0 aliphatic rings. The third-order valence-electron chi connectivity index (χ3n) is 2.38. The molecule has 0 heterocycles. The number of rotatable bonds is 4. The van der Waals surface area contributed by atoms with Gasteiger partial charge in [-0.25, -0.2) is 4.39 Å². The Kier molecular flexibility index (Phi) is 5.22. The van der Waals surface area contributed by atoms with Gasteiger partial charge in [-0.05, 0) is 48.0 Å². The summed E-state index contributed by atoms with van der Waals surface area (Å²) < 4.78 is 13.4. The molecule has 1 aromatic carbocycles. The molecule has 3 nitrogen and oxygen atoms in total. The molecule has 6 heteroatoms. The van der Waals surface area contributed by atoms with Crippen LogP contribution >= 0.6 is 28.1 Å². The standard InChI is InChI=1S/C12H14BrFN2OS/c1-7(2)16(6-11(15)18)12(17)8-3-4-10(14)9(13)5-8/h3-5,7H,6H2,1-2H3,(H2,15,18). The first-order valence-electron chi connectivity index (χ1n) is 5.37. The summed E-state index contributed by atoms with van der Waals surface area (Å²) in [4.78, 5) is 14.0. The highest BCUT2D eigenvalue weighted by Gasteiger charge is 2.20. The van der Waals surface area contributed by atoms with E-state index < -0.39 is 5.82 Å². The predicted octanol–water partition coefficient (Wildman–Crippen LogP) is 2.72. The van der Waals surface area contributed by atoms with E-state index in [1.165, 1.54) is 18.2 Å². The number of carbonyl (C=O) groups excluding carboxylic acids is 1. The molecular formula is C12H14BrFN2OS. The van der Waals surface area contributed by atoms with Crippen molar-refractivity contribution in [3.8, 4) is 0 Å². The van der Waals surface area contributed by atoms with Gasteiger partial charge in [0, 0.05) is 11.6 Å². The number of nitrogens with two attached hydrogens (primary N) is 1. The molecule has 18 heavy (non-hydrogen) atoms. The van der Waals surface area contributed by atoms with Crippen molar-refractivity contribution in [2.75, 3.05) is 6.54 Å². The highest BCUT2D eigenvalue weighted by atomic mass is 79.9. The number of halogens is 2. The van der Waals surface area contributed by atoms with Crippen molar-refractivity contribution < 1.29 is 9.18 Å². The topological polar surface area (TPSA) is 46.3 Å². The zero-order chi connectivity index (χ0) is 13.9. The molecule has 0 saturated heterocycles. The number of hydrogen-bond acceptors (Lipinski definition) is 2. The number of amides is 1. The van der Waals surface area contributed by atoms with Crippen LogP contribution in [0.3, 0.4) is 0 Å². The smallest absolute Gasteiger partial charge is 0.254 e. The second-order valence-corrected chi connectivity index (χ2v) is 5.50. The Labute approximate surface area is 119 Å². The molecule has 0 bridgehead atoms. The van der Waals surface area contributed by atoms with Crippen LogP contribution in [0.2, 0.25) is 0 Å². The number of benzene rings is 1. The second-order valence-electron chi connectivity index (χ2n) is 4.12. The molecule has 0 unspecified atom stereocenters. The van der Waals surface area contributed by atoms with Gasteiger partial charge in [0.25, 0.3) is 5.91 Å². The minimum atomic E-state index is -0.406. The van der Waals surface area contributed by atoms with Gasteiger partial charge in [0.2, 0.25) is 0 Å². The summed E-state index contributed by atoms with van der Waals surface area (Å²) in [5.74, 6) is -0.629. The lowest BCUT2D eigenvalue weighted by atomic mass is 10.1. The summed E-state index contributed by atoms with van der Waals surface area (Å²) >= 11 is 7.88. The van der Waals surface area contributed by atoms with Crippen LogP contribution in [0, 0.1) is 5.82 Å². The number of hydrogen-bond donors (Lipinski definition) is 1. The molecule has 0 saturated carbocycles. The van der Waals surface area contributed by atoms with Crippen LogP contribution in [0.5, 0.6) is 0 Å². The van der Waals surface area contributed by atoms with Gasteiger partial charge >= 0.3 is 0 Å². The first-order chi connectivity index (χ1) is 8.32. The van der Waals surface area contributed by atoms with Crippen LogP contribution < -0.4 is 5.73 Å². The molecule has 0 radical (unpaired) electrons. The van der Waals surface area contributed by atoms with E-state index in [-0.39, 0.29) is 28.0 Å². The van der Waals surface area contributed by atoms with E-state index in [1.807, 2.05) is 13.8 Å². The van der Waals surface area contributed by atoms with Gasteiger partial charge in [0.15, 0.2) is 0 Å². The fourth-order valence-electron chi connectivity index (χ4n) is 1.45. The molecule has 1 aromatic rings. The van der Waals surface area contributed by atoms with Crippen LogP contribution in [0.15, 0.2) is 22.7 Å². The van der Waals surface area contributed by atoms with Crippen LogP contribution in [0.4, 0.5) is 4.39 Å². The summed E-state index contributed by atoms with van der Waals surface area (Å²) in [6.07, 6.45) is 0. The van der Waals surface area contributed by atoms with Gasteiger partial charge in [0.1, 0.15) is 5.82 Å². The van der Waals surface area contributed by atoms with Gasteiger partial charge in [-0.2, -0.15) is 0 Å². The van der Waals surface area contributed by atoms with Crippen molar-refractivity contribution >= 4 is 39.0 Å². The van der Waals surface area contributed by atoms with Crippen LogP contribution in [0.25, 0.3) is 0 Å². The summed E-state index contributed by atoms with van der Waals surface area (Å²) in [6, 6.07) is 4.10. The second kappa shape index (κ2) is 6.24. The summed E-state index contributed by atoms with van der Waals surface area (Å²) in [5, 5.41) is 0. The lowest BCUT2D eigenvalue weighted by Crippen LogP contribution is -2.42. The molecule has 0 aromatic heterocycles. The number of nitrogens with zero attached hydrogens (tertiary/aromatic N) is 1. The van der Waals surface area contributed by atoms with Gasteiger partial charge < -0.3 is 10.6 Å². The van der Waals surface area contributed by atoms with E-state index in [0.29, 0.717) is 5.56 Å². The Balaban J connectivity index is 3.02. The Morgan fingerprint density at radius 1 is 1.56 bits per heavy atom. The summed E-state index contributed by atoms with van der Waals surface area (Å²) in [7, 11) is 0. The molecular weight excluding hydrogens is 319 g/mol. The van der Waals surface area contributed by atoms with Gasteiger partial charge in [0.05, 0.1) is 16.0 Å². The Morgan fingerprint density at radius 2 is 2.17 bits per heavy atom. The van der Waals surface area contributed by atoms with E-state index in [0.717, 1.165) is 0 Å². The maximum absolute atomic E-state index is 13.1. The van der Waals surface area contributed by atoms with Crippen LogP contribution in [0.1, 0.15) is 24.2 Å². The number of thiocarbonyl (C=S) groups is 1. The molecule has 0 atom stereocenters. The zero-order valence-corrected chi connectivity index (χ0v) is 12.5. The third kappa shape index (κ3) is 3.74. The van der Waals surface area contributed by atoms with E-state index in [4.69, 9.17) is 18.0 Å². The van der Waals surface area contributed by atoms with Crippen molar-refractivity contribution in [3.63, 3.8) is 0 Å². The fourth-order valence-corrected chi connectivity index (χ4v) is 1.97. The molecule has 1 rings (SSSR count). The average Bonchev–Trinajstić information content (AvgIpc) is 2.28. The van der Waals surface area contributed by atoms with Crippen LogP contribution in [-0.4, -0.2) is 28.4 Å². The van der Waals surface area contributed by atoms with Crippen molar-refractivity contribution in [1.82, 2.24) is 4.90 Å². The predicted molar refractivity (Wildman–Crippen MR) is 77.1 cm³/mol. The Hall–Kier alpha value is -1.01. The molecule has 0 aliphatic carbocycles. The average molecular weight is 333 g/mol. The molecule has 0 aliphatic heterocycles. The first kappa shape index (κ1) is 15.0. The minimum Gasteiger partial charge on any atom is -0.392 e. The van der Waals surface area contributed by atoms with Crippen molar-refractivity contribution in [3.05, 3.63) is 34.1 Å². The minimum absolute atomic E-state index is 0.0390. The zero-order valence-electron chi connectivity index (χ0n) is 10.1. The highest BCUT2D eigenvalue weighted by Crippen LogP contribution is 2.18. The van der Waals surface area contributed by atoms with Crippen LogP contribution in [-0.2, 0) is 0 Å². The highest BCUT2D eigenvalue weighted by molar-refractivity contribution is 9.10. The summed E-state index contributed by atoms with van der Waals surface area (Å²) in [5.41, 5.74) is 5.87. The maximum atomic E-state index is 13.1. The van der Waals surface area contributed by atoms with Crippen molar-refractivity contribution in [2.45, 2.75) is 19.9 Å². The number of carbonyl (C=O) groups is 1. The SMILES string of the molecule is CC(C)N(CC(N)=S)C(=O)c1ccc(F)c(Br)c1. The lowest BCUT2D eigenvalue weighted by Gasteiger charge is -2.26. The Morgan fingerprint density at radius 3 is 2.61 bits per heavy atom. The Bertz CT molecular complexity index is 479. The normalized spacial score (nSPS) is 10.5. The van der Waals surface area contributed by atoms with E-state index in [9.17, 15) is 9.18 Å². The molecule has 0 spiro atoms. The quantitative estimate of drug-likeness (QED) is 0.862. The largest absolute Gasteiger partial charge is 0.392 e. The molecule has 1 amide bonds. The molecule has 0 fully saturated rings. The van der Waals surface area contributed by atoms with E-state index >= 15 is 0 Å². The molecule has 2 N–H and O–H groups in total.